The lowest BCUT2D eigenvalue weighted by atomic mass is 9.98. The summed E-state index contributed by atoms with van der Waals surface area (Å²) in [5.74, 6) is 1.58. The Balaban J connectivity index is 1.69. The molecule has 4 rings (SSSR count). The zero-order valence-corrected chi connectivity index (χ0v) is 17.0. The van der Waals surface area contributed by atoms with E-state index in [4.69, 9.17) is 4.74 Å². The number of alkyl halides is 1. The normalized spacial score (nSPS) is 10.8. The largest absolute Gasteiger partial charge is 0.497 e. The molecule has 0 atom stereocenters. The highest BCUT2D eigenvalue weighted by molar-refractivity contribution is 9.08. The molecule has 1 heterocycles. The van der Waals surface area contributed by atoms with Crippen molar-refractivity contribution in [1.29, 1.82) is 0 Å². The molecule has 0 aliphatic heterocycles. The van der Waals surface area contributed by atoms with Crippen LogP contribution in [0.1, 0.15) is 11.1 Å². The average Bonchev–Trinajstić information content (AvgIpc) is 3.22. The minimum atomic E-state index is 0.586. The van der Waals surface area contributed by atoms with E-state index in [2.05, 4.69) is 67.9 Å². The Morgan fingerprint density at radius 2 is 1.54 bits per heavy atom. The lowest BCUT2D eigenvalue weighted by Crippen LogP contribution is -2.05. The Morgan fingerprint density at radius 3 is 2.21 bits per heavy atom. The average molecular weight is 435 g/mol. The monoisotopic (exact) mass is 434 g/mol. The fourth-order valence-corrected chi connectivity index (χ4v) is 3.48. The van der Waals surface area contributed by atoms with E-state index in [1.807, 2.05) is 41.1 Å². The molecular formula is C22H19BrN4O. The third-order valence-electron chi connectivity index (χ3n) is 4.61. The van der Waals surface area contributed by atoms with Crippen molar-refractivity contribution in [3.8, 4) is 28.3 Å². The van der Waals surface area contributed by atoms with Crippen molar-refractivity contribution in [2.75, 3.05) is 7.11 Å². The molecule has 0 aliphatic rings. The van der Waals surface area contributed by atoms with Crippen LogP contribution in [-0.2, 0) is 11.9 Å². The molecule has 140 valence electrons. The van der Waals surface area contributed by atoms with Crippen LogP contribution in [0.4, 0.5) is 0 Å². The van der Waals surface area contributed by atoms with E-state index >= 15 is 0 Å². The Hall–Kier alpha value is -2.99. The van der Waals surface area contributed by atoms with E-state index in [0.717, 1.165) is 39.2 Å². The summed E-state index contributed by atoms with van der Waals surface area (Å²) in [7, 11) is 1.66. The third kappa shape index (κ3) is 3.82. The predicted octanol–water partition coefficient (Wildman–Crippen LogP) is 4.96. The zero-order valence-electron chi connectivity index (χ0n) is 15.4. The molecule has 0 aliphatic carbocycles. The summed E-state index contributed by atoms with van der Waals surface area (Å²) in [5.41, 5.74) is 5.60. The van der Waals surface area contributed by atoms with Crippen LogP contribution in [0.5, 0.6) is 5.75 Å². The minimum Gasteiger partial charge on any atom is -0.497 e. The first kappa shape index (κ1) is 18.4. The summed E-state index contributed by atoms with van der Waals surface area (Å²) in [5, 5.41) is 13.3. The second-order valence-electron chi connectivity index (χ2n) is 6.38. The Kier molecular flexibility index (Phi) is 5.48. The number of benzene rings is 3. The number of hydrogen-bond acceptors (Lipinski definition) is 4. The van der Waals surface area contributed by atoms with Crippen molar-refractivity contribution >= 4 is 15.9 Å². The highest BCUT2D eigenvalue weighted by atomic mass is 79.9. The Morgan fingerprint density at radius 1 is 0.857 bits per heavy atom. The molecular weight excluding hydrogens is 416 g/mol. The fourth-order valence-electron chi connectivity index (χ4n) is 3.11. The molecule has 0 N–H and O–H groups in total. The van der Waals surface area contributed by atoms with Crippen molar-refractivity contribution in [3.63, 3.8) is 0 Å². The summed E-state index contributed by atoms with van der Waals surface area (Å²) in [4.78, 5) is 0. The summed E-state index contributed by atoms with van der Waals surface area (Å²) < 4.78 is 7.06. The summed E-state index contributed by atoms with van der Waals surface area (Å²) in [6, 6.07) is 24.7. The maximum Gasteiger partial charge on any atom is 0.182 e. The molecule has 0 spiro atoms. The van der Waals surface area contributed by atoms with Crippen molar-refractivity contribution in [1.82, 2.24) is 20.2 Å². The van der Waals surface area contributed by atoms with Gasteiger partial charge in [-0.05, 0) is 44.8 Å². The molecule has 0 bridgehead atoms. The summed E-state index contributed by atoms with van der Waals surface area (Å²) in [6.45, 7) is 0.586. The number of tetrazole rings is 1. The summed E-state index contributed by atoms with van der Waals surface area (Å²) in [6.07, 6.45) is 0. The number of aromatic nitrogens is 4. The van der Waals surface area contributed by atoms with Crippen LogP contribution in [0.3, 0.4) is 0 Å². The van der Waals surface area contributed by atoms with Gasteiger partial charge in [0.2, 0.25) is 0 Å². The number of rotatable bonds is 6. The van der Waals surface area contributed by atoms with Gasteiger partial charge in [0.25, 0.3) is 0 Å². The quantitative estimate of drug-likeness (QED) is 0.402. The van der Waals surface area contributed by atoms with Crippen molar-refractivity contribution in [2.45, 2.75) is 11.9 Å². The number of halogens is 1. The number of ether oxygens (including phenoxy) is 1. The molecule has 5 nitrogen and oxygen atoms in total. The Labute approximate surface area is 172 Å². The standard InChI is InChI=1S/C22H19BrN4O/c1-28-19-12-8-17(9-13-19)15-27-22(24-25-26-27)21-5-3-2-4-20(21)18-10-6-16(14-23)7-11-18/h2-13H,14-15H2,1H3. The van der Waals surface area contributed by atoms with Crippen LogP contribution in [0.2, 0.25) is 0 Å². The first-order valence-electron chi connectivity index (χ1n) is 8.92. The van der Waals surface area contributed by atoms with Gasteiger partial charge >= 0.3 is 0 Å². The van der Waals surface area contributed by atoms with Gasteiger partial charge in [-0.1, -0.05) is 76.6 Å². The van der Waals surface area contributed by atoms with Gasteiger partial charge in [0, 0.05) is 10.9 Å². The van der Waals surface area contributed by atoms with Gasteiger partial charge in [-0.25, -0.2) is 4.68 Å². The van der Waals surface area contributed by atoms with E-state index in [1.54, 1.807) is 7.11 Å². The van der Waals surface area contributed by atoms with E-state index in [0.29, 0.717) is 6.54 Å². The molecule has 0 saturated heterocycles. The second kappa shape index (κ2) is 8.35. The molecule has 0 saturated carbocycles. The van der Waals surface area contributed by atoms with Gasteiger partial charge in [-0.3, -0.25) is 0 Å². The summed E-state index contributed by atoms with van der Waals surface area (Å²) >= 11 is 3.50. The topological polar surface area (TPSA) is 52.8 Å². The van der Waals surface area contributed by atoms with Crippen LogP contribution < -0.4 is 4.74 Å². The lowest BCUT2D eigenvalue weighted by Gasteiger charge is -2.11. The predicted molar refractivity (Wildman–Crippen MR) is 113 cm³/mol. The third-order valence-corrected chi connectivity index (χ3v) is 5.26. The molecule has 28 heavy (non-hydrogen) atoms. The Bertz CT molecular complexity index is 1060. The highest BCUT2D eigenvalue weighted by Crippen LogP contribution is 2.31. The molecule has 1 aromatic heterocycles. The smallest absolute Gasteiger partial charge is 0.182 e. The first-order chi connectivity index (χ1) is 13.8. The van der Waals surface area contributed by atoms with Crippen LogP contribution in [0.25, 0.3) is 22.5 Å². The molecule has 6 heteroatoms. The van der Waals surface area contributed by atoms with E-state index < -0.39 is 0 Å². The van der Waals surface area contributed by atoms with Gasteiger partial charge < -0.3 is 4.74 Å². The van der Waals surface area contributed by atoms with Crippen molar-refractivity contribution in [2.24, 2.45) is 0 Å². The number of hydrogen-bond donors (Lipinski definition) is 0. The van der Waals surface area contributed by atoms with Gasteiger partial charge in [-0.15, -0.1) is 5.10 Å². The molecule has 0 fully saturated rings. The van der Waals surface area contributed by atoms with E-state index in [9.17, 15) is 0 Å². The van der Waals surface area contributed by atoms with E-state index in [1.165, 1.54) is 5.56 Å². The van der Waals surface area contributed by atoms with Crippen LogP contribution >= 0.6 is 15.9 Å². The van der Waals surface area contributed by atoms with Crippen LogP contribution in [0, 0.1) is 0 Å². The van der Waals surface area contributed by atoms with Gasteiger partial charge in [0.05, 0.1) is 13.7 Å². The van der Waals surface area contributed by atoms with Crippen LogP contribution in [-0.4, -0.2) is 27.3 Å². The van der Waals surface area contributed by atoms with Crippen molar-refractivity contribution < 1.29 is 4.74 Å². The second-order valence-corrected chi connectivity index (χ2v) is 6.95. The SMILES string of the molecule is COc1ccc(Cn2nnnc2-c2ccccc2-c2ccc(CBr)cc2)cc1. The molecule has 0 amide bonds. The number of nitrogens with zero attached hydrogens (tertiary/aromatic N) is 4. The number of methoxy groups -OCH3 is 1. The first-order valence-corrected chi connectivity index (χ1v) is 10.0. The maximum absolute atomic E-state index is 5.23. The maximum atomic E-state index is 5.23. The van der Waals surface area contributed by atoms with Gasteiger partial charge in [0.1, 0.15) is 5.75 Å². The van der Waals surface area contributed by atoms with Crippen molar-refractivity contribution in [3.05, 3.63) is 83.9 Å². The minimum absolute atomic E-state index is 0.586. The fraction of sp³-hybridized carbons (Fsp3) is 0.136. The van der Waals surface area contributed by atoms with Crippen LogP contribution in [0.15, 0.2) is 72.8 Å². The molecule has 4 aromatic rings. The van der Waals surface area contributed by atoms with Gasteiger partial charge in [0.15, 0.2) is 5.82 Å². The lowest BCUT2D eigenvalue weighted by molar-refractivity contribution is 0.414. The molecule has 0 radical (unpaired) electrons. The molecule has 3 aromatic carbocycles. The zero-order chi connectivity index (χ0) is 19.3. The highest BCUT2D eigenvalue weighted by Gasteiger charge is 2.14. The molecule has 0 unspecified atom stereocenters. The van der Waals surface area contributed by atoms with E-state index in [-0.39, 0.29) is 0 Å². The van der Waals surface area contributed by atoms with Gasteiger partial charge in [-0.2, -0.15) is 0 Å².